The van der Waals surface area contributed by atoms with Gasteiger partial charge >= 0.3 is 0 Å². The SMILES string of the molecule is C[C@H]1CC2(CCN1C[C@@H](O)CO)OCCc1cc(CC(F)F)sc12. The van der Waals surface area contributed by atoms with Crippen LogP contribution < -0.4 is 0 Å². The van der Waals surface area contributed by atoms with Crippen LogP contribution in [0.25, 0.3) is 0 Å². The molecular formula is C17H25F2NO3S. The van der Waals surface area contributed by atoms with Crippen molar-refractivity contribution in [2.45, 2.75) is 56.8 Å². The lowest BCUT2D eigenvalue weighted by atomic mass is 9.82. The van der Waals surface area contributed by atoms with Crippen molar-refractivity contribution in [3.63, 3.8) is 0 Å². The highest BCUT2D eigenvalue weighted by Crippen LogP contribution is 2.47. The van der Waals surface area contributed by atoms with Crippen LogP contribution >= 0.6 is 11.3 Å². The Balaban J connectivity index is 1.77. The van der Waals surface area contributed by atoms with Crippen LogP contribution in [0.3, 0.4) is 0 Å². The fourth-order valence-corrected chi connectivity index (χ4v) is 5.32. The molecule has 2 aliphatic heterocycles. The zero-order valence-corrected chi connectivity index (χ0v) is 14.7. The number of thiophene rings is 1. The van der Waals surface area contributed by atoms with Crippen LogP contribution in [0.2, 0.25) is 0 Å². The Morgan fingerprint density at radius 3 is 2.96 bits per heavy atom. The van der Waals surface area contributed by atoms with Gasteiger partial charge in [-0.1, -0.05) is 0 Å². The summed E-state index contributed by atoms with van der Waals surface area (Å²) in [7, 11) is 0. The summed E-state index contributed by atoms with van der Waals surface area (Å²) in [4.78, 5) is 4.03. The first-order valence-corrected chi connectivity index (χ1v) is 9.32. The number of halogens is 2. The van der Waals surface area contributed by atoms with E-state index < -0.39 is 12.5 Å². The van der Waals surface area contributed by atoms with Crippen LogP contribution in [-0.4, -0.2) is 60.0 Å². The Morgan fingerprint density at radius 1 is 1.50 bits per heavy atom. The number of likely N-dealkylation sites (tertiary alicyclic amines) is 1. The average molecular weight is 361 g/mol. The van der Waals surface area contributed by atoms with Crippen LogP contribution in [0.1, 0.15) is 35.1 Å². The van der Waals surface area contributed by atoms with Crippen LogP contribution in [0.15, 0.2) is 6.07 Å². The molecule has 4 nitrogen and oxygen atoms in total. The summed E-state index contributed by atoms with van der Waals surface area (Å²) in [5.74, 6) is 0. The Morgan fingerprint density at radius 2 is 2.29 bits per heavy atom. The van der Waals surface area contributed by atoms with E-state index in [0.717, 1.165) is 41.1 Å². The molecule has 7 heteroatoms. The largest absolute Gasteiger partial charge is 0.394 e. The van der Waals surface area contributed by atoms with Crippen molar-refractivity contribution >= 4 is 11.3 Å². The second-order valence-corrected chi connectivity index (χ2v) is 8.03. The van der Waals surface area contributed by atoms with Gasteiger partial charge in [-0.3, -0.25) is 4.90 Å². The van der Waals surface area contributed by atoms with Crippen LogP contribution in [0, 0.1) is 0 Å². The highest BCUT2D eigenvalue weighted by Gasteiger charge is 2.45. The number of ether oxygens (including phenoxy) is 1. The molecule has 136 valence electrons. The van der Waals surface area contributed by atoms with E-state index in [1.165, 1.54) is 11.3 Å². The summed E-state index contributed by atoms with van der Waals surface area (Å²) in [6.07, 6.45) is -0.869. The van der Waals surface area contributed by atoms with Crippen molar-refractivity contribution in [3.05, 3.63) is 21.4 Å². The molecule has 24 heavy (non-hydrogen) atoms. The van der Waals surface area contributed by atoms with E-state index in [4.69, 9.17) is 9.84 Å². The first-order chi connectivity index (χ1) is 11.4. The van der Waals surface area contributed by atoms with E-state index >= 15 is 0 Å². The third-order valence-corrected chi connectivity index (χ3v) is 6.47. The molecule has 0 bridgehead atoms. The normalized spacial score (nSPS) is 29.2. The number of aliphatic hydroxyl groups is 2. The van der Waals surface area contributed by atoms with Gasteiger partial charge in [-0.15, -0.1) is 11.3 Å². The predicted octanol–water partition coefficient (Wildman–Crippen LogP) is 2.16. The van der Waals surface area contributed by atoms with E-state index in [2.05, 4.69) is 11.8 Å². The number of fused-ring (bicyclic) bond motifs is 2. The summed E-state index contributed by atoms with van der Waals surface area (Å²) in [5, 5.41) is 18.7. The molecule has 1 aromatic rings. The van der Waals surface area contributed by atoms with E-state index in [1.807, 2.05) is 6.07 Å². The van der Waals surface area contributed by atoms with Gasteiger partial charge in [-0.25, -0.2) is 8.78 Å². The number of piperidine rings is 1. The van der Waals surface area contributed by atoms with Crippen molar-refractivity contribution in [3.8, 4) is 0 Å². The highest BCUT2D eigenvalue weighted by atomic mass is 32.1. The molecule has 0 aromatic carbocycles. The van der Waals surface area contributed by atoms with Gasteiger partial charge in [0.05, 0.1) is 19.3 Å². The van der Waals surface area contributed by atoms with Gasteiger partial charge in [-0.2, -0.15) is 0 Å². The molecule has 1 fully saturated rings. The number of nitrogens with zero attached hydrogens (tertiary/aromatic N) is 1. The number of rotatable bonds is 5. The van der Waals surface area contributed by atoms with Crippen molar-refractivity contribution in [2.75, 3.05) is 26.3 Å². The maximum atomic E-state index is 12.7. The lowest BCUT2D eigenvalue weighted by Gasteiger charge is -2.47. The highest BCUT2D eigenvalue weighted by molar-refractivity contribution is 7.12. The number of aliphatic hydroxyl groups excluding tert-OH is 2. The van der Waals surface area contributed by atoms with Crippen molar-refractivity contribution in [1.29, 1.82) is 0 Å². The number of alkyl halides is 2. The number of β-amino-alcohol motifs (C(OH)–C–C–N with tert-alkyl or cyclic N) is 1. The minimum absolute atomic E-state index is 0.182. The maximum Gasteiger partial charge on any atom is 0.243 e. The van der Waals surface area contributed by atoms with Gasteiger partial charge in [0.15, 0.2) is 0 Å². The smallest absolute Gasteiger partial charge is 0.243 e. The fraction of sp³-hybridized carbons (Fsp3) is 0.765. The summed E-state index contributed by atoms with van der Waals surface area (Å²) in [6, 6.07) is 2.13. The predicted molar refractivity (Wildman–Crippen MR) is 88.7 cm³/mol. The molecule has 0 saturated carbocycles. The zero-order chi connectivity index (χ0) is 17.3. The van der Waals surface area contributed by atoms with Gasteiger partial charge < -0.3 is 14.9 Å². The molecule has 3 heterocycles. The standard InChI is InChI=1S/C17H25F2NO3S/c1-11-8-17(3-4-20(11)9-13(22)10-21)16-12(2-5-23-17)6-14(24-16)7-15(18)19/h6,11,13,15,21-22H,2-5,7-10H2,1H3/t11-,13+,17?/m0/s1. The second kappa shape index (κ2) is 7.33. The van der Waals surface area contributed by atoms with Gasteiger partial charge in [-0.05, 0) is 37.8 Å². The molecule has 0 aliphatic carbocycles. The van der Waals surface area contributed by atoms with Gasteiger partial charge in [0.25, 0.3) is 0 Å². The lowest BCUT2D eigenvalue weighted by molar-refractivity contribution is -0.114. The maximum absolute atomic E-state index is 12.7. The number of hydrogen-bond acceptors (Lipinski definition) is 5. The second-order valence-electron chi connectivity index (χ2n) is 6.89. The molecule has 0 radical (unpaired) electrons. The number of hydrogen-bond donors (Lipinski definition) is 2. The quantitative estimate of drug-likeness (QED) is 0.844. The Labute approximate surface area is 145 Å². The molecule has 1 aromatic heterocycles. The molecule has 0 amide bonds. The summed E-state index contributed by atoms with van der Waals surface area (Å²) < 4.78 is 31.6. The minimum atomic E-state index is -2.32. The third kappa shape index (κ3) is 3.65. The zero-order valence-electron chi connectivity index (χ0n) is 13.9. The van der Waals surface area contributed by atoms with Crippen molar-refractivity contribution in [1.82, 2.24) is 4.90 Å². The van der Waals surface area contributed by atoms with Crippen molar-refractivity contribution < 1.29 is 23.7 Å². The minimum Gasteiger partial charge on any atom is -0.394 e. The molecule has 2 N–H and O–H groups in total. The van der Waals surface area contributed by atoms with E-state index in [9.17, 15) is 13.9 Å². The van der Waals surface area contributed by atoms with Gasteiger partial charge in [0.1, 0.15) is 5.60 Å². The van der Waals surface area contributed by atoms with Crippen LogP contribution in [0.4, 0.5) is 8.78 Å². The molecule has 1 spiro atoms. The molecular weight excluding hydrogens is 336 g/mol. The molecule has 2 aliphatic rings. The summed E-state index contributed by atoms with van der Waals surface area (Å²) in [5.41, 5.74) is 0.788. The van der Waals surface area contributed by atoms with Gasteiger partial charge in [0.2, 0.25) is 6.43 Å². The van der Waals surface area contributed by atoms with Crippen LogP contribution in [0.5, 0.6) is 0 Å². The van der Waals surface area contributed by atoms with Crippen molar-refractivity contribution in [2.24, 2.45) is 0 Å². The van der Waals surface area contributed by atoms with Gasteiger partial charge in [0, 0.05) is 35.3 Å². The lowest BCUT2D eigenvalue weighted by Crippen LogP contribution is -2.52. The van der Waals surface area contributed by atoms with E-state index in [1.54, 1.807) is 0 Å². The van der Waals surface area contributed by atoms with E-state index in [0.29, 0.717) is 13.2 Å². The molecule has 1 saturated heterocycles. The Hall–Kier alpha value is -0.600. The first-order valence-electron chi connectivity index (χ1n) is 8.50. The average Bonchev–Trinajstić information content (AvgIpc) is 2.93. The molecule has 3 atom stereocenters. The van der Waals surface area contributed by atoms with Crippen LogP contribution in [-0.2, 0) is 23.2 Å². The fourth-order valence-electron chi connectivity index (χ4n) is 3.92. The molecule has 3 rings (SSSR count). The third-order valence-electron chi connectivity index (χ3n) is 5.09. The summed E-state index contributed by atoms with van der Waals surface area (Å²) >= 11 is 1.48. The first kappa shape index (κ1) is 18.2. The molecule has 1 unspecified atom stereocenters. The topological polar surface area (TPSA) is 52.9 Å². The van der Waals surface area contributed by atoms with E-state index in [-0.39, 0.29) is 24.7 Å². The Bertz CT molecular complexity index is 568. The Kier molecular flexibility index (Phi) is 5.56. The summed E-state index contributed by atoms with van der Waals surface area (Å²) in [6.45, 7) is 3.69. The monoisotopic (exact) mass is 361 g/mol.